The summed E-state index contributed by atoms with van der Waals surface area (Å²) in [5.41, 5.74) is 0.944. The molecule has 1 aliphatic rings. The Morgan fingerprint density at radius 3 is 2.73 bits per heavy atom. The number of rotatable bonds is 1. The Balaban J connectivity index is 1.88. The average Bonchev–Trinajstić information content (AvgIpc) is 2.76. The largest absolute Gasteiger partial charge is 0.430 e. The number of benzene rings is 1. The van der Waals surface area contributed by atoms with E-state index in [1.54, 1.807) is 0 Å². The van der Waals surface area contributed by atoms with Crippen LogP contribution in [-0.2, 0) is 0 Å². The highest BCUT2D eigenvalue weighted by Gasteiger charge is 2.29. The van der Waals surface area contributed by atoms with E-state index in [1.807, 2.05) is 30.3 Å². The first kappa shape index (κ1) is 8.61. The molecule has 1 aromatic carbocycles. The number of halogens is 1. The number of nitrogens with zero attached hydrogens (tertiary/aromatic N) is 1. The van der Waals surface area contributed by atoms with Gasteiger partial charge in [-0.05, 0) is 11.6 Å². The van der Waals surface area contributed by atoms with Crippen molar-refractivity contribution in [1.29, 1.82) is 0 Å². The quantitative estimate of drug-likeness (QED) is 0.807. The summed E-state index contributed by atoms with van der Waals surface area (Å²) < 4.78 is 11.0. The van der Waals surface area contributed by atoms with Crippen molar-refractivity contribution in [2.45, 2.75) is 6.29 Å². The van der Waals surface area contributed by atoms with Crippen molar-refractivity contribution in [1.82, 2.24) is 9.97 Å². The third kappa shape index (κ3) is 1.43. The van der Waals surface area contributed by atoms with Gasteiger partial charge in [-0.2, -0.15) is 4.98 Å². The molecular formula is C10H7ClN2O2. The number of hydrogen-bond donors (Lipinski definition) is 1. The summed E-state index contributed by atoms with van der Waals surface area (Å²) in [5.74, 6) is 0.891. The molecule has 0 spiro atoms. The van der Waals surface area contributed by atoms with Crippen LogP contribution in [0.3, 0.4) is 0 Å². The number of hydrogen-bond acceptors (Lipinski definition) is 3. The number of aromatic amines is 1. The molecule has 2 aromatic rings. The fourth-order valence-electron chi connectivity index (χ4n) is 1.45. The van der Waals surface area contributed by atoms with Crippen LogP contribution < -0.4 is 9.47 Å². The second-order valence-electron chi connectivity index (χ2n) is 3.14. The minimum Gasteiger partial charge on any atom is -0.430 e. The van der Waals surface area contributed by atoms with Gasteiger partial charge in [0.15, 0.2) is 0 Å². The second kappa shape index (κ2) is 3.17. The first-order valence-corrected chi connectivity index (χ1v) is 4.84. The summed E-state index contributed by atoms with van der Waals surface area (Å²) in [7, 11) is 0. The van der Waals surface area contributed by atoms with Crippen molar-refractivity contribution < 1.29 is 9.47 Å². The lowest BCUT2D eigenvalue weighted by Crippen LogP contribution is -2.08. The van der Waals surface area contributed by atoms with E-state index < -0.39 is 6.29 Å². The Hall–Kier alpha value is -1.68. The van der Waals surface area contributed by atoms with Crippen LogP contribution in [0.1, 0.15) is 11.9 Å². The molecular weight excluding hydrogens is 216 g/mol. The Bertz CT molecular complexity index is 460. The number of H-pyrrole nitrogens is 1. The van der Waals surface area contributed by atoms with Crippen molar-refractivity contribution in [3.63, 3.8) is 0 Å². The van der Waals surface area contributed by atoms with Crippen LogP contribution in [-0.4, -0.2) is 9.97 Å². The van der Waals surface area contributed by atoms with Crippen molar-refractivity contribution in [3.8, 4) is 11.8 Å². The van der Waals surface area contributed by atoms with Crippen molar-refractivity contribution in [2.75, 3.05) is 0 Å². The topological polar surface area (TPSA) is 47.1 Å². The van der Waals surface area contributed by atoms with Crippen LogP contribution in [0.15, 0.2) is 30.3 Å². The summed E-state index contributed by atoms with van der Waals surface area (Å²) >= 11 is 5.65. The highest BCUT2D eigenvalue weighted by atomic mass is 35.5. The smallest absolute Gasteiger partial charge is 0.282 e. The number of ether oxygens (including phenoxy) is 2. The molecule has 0 bridgehead atoms. The first-order valence-electron chi connectivity index (χ1n) is 4.47. The van der Waals surface area contributed by atoms with Crippen molar-refractivity contribution in [2.24, 2.45) is 0 Å². The molecule has 1 unspecified atom stereocenters. The van der Waals surface area contributed by atoms with Gasteiger partial charge in [-0.3, -0.25) is 4.98 Å². The molecule has 5 heteroatoms. The zero-order valence-electron chi connectivity index (χ0n) is 7.61. The predicted octanol–water partition coefficient (Wildman–Crippen LogP) is 2.53. The Morgan fingerprint density at radius 2 is 2.00 bits per heavy atom. The highest BCUT2D eigenvalue weighted by molar-refractivity contribution is 6.28. The maximum atomic E-state index is 5.65. The van der Waals surface area contributed by atoms with E-state index in [0.29, 0.717) is 11.8 Å². The van der Waals surface area contributed by atoms with E-state index in [0.717, 1.165) is 5.56 Å². The van der Waals surface area contributed by atoms with Crippen LogP contribution >= 0.6 is 11.6 Å². The molecule has 0 saturated carbocycles. The van der Waals surface area contributed by atoms with Crippen LogP contribution in [0.2, 0.25) is 5.28 Å². The summed E-state index contributed by atoms with van der Waals surface area (Å²) in [6.45, 7) is 0. The molecule has 1 aliphatic heterocycles. The molecule has 1 atom stereocenters. The maximum absolute atomic E-state index is 5.65. The van der Waals surface area contributed by atoms with Crippen LogP contribution in [0.25, 0.3) is 0 Å². The van der Waals surface area contributed by atoms with Crippen LogP contribution in [0.5, 0.6) is 11.8 Å². The maximum Gasteiger partial charge on any atom is 0.282 e. The van der Waals surface area contributed by atoms with E-state index >= 15 is 0 Å². The summed E-state index contributed by atoms with van der Waals surface area (Å²) in [6.07, 6.45) is -0.433. The Morgan fingerprint density at radius 1 is 1.20 bits per heavy atom. The number of fused-ring (bicyclic) bond motifs is 1. The molecule has 1 N–H and O–H groups in total. The molecule has 2 heterocycles. The minimum absolute atomic E-state index is 0.270. The molecule has 1 aromatic heterocycles. The van der Waals surface area contributed by atoms with Gasteiger partial charge < -0.3 is 9.47 Å². The molecule has 0 saturated heterocycles. The molecule has 3 rings (SSSR count). The second-order valence-corrected chi connectivity index (χ2v) is 3.50. The molecule has 0 amide bonds. The highest BCUT2D eigenvalue weighted by Crippen LogP contribution is 2.38. The zero-order valence-corrected chi connectivity index (χ0v) is 8.36. The van der Waals surface area contributed by atoms with Gasteiger partial charge in [-0.25, -0.2) is 0 Å². The number of aromatic nitrogens is 2. The Kier molecular flexibility index (Phi) is 1.82. The monoisotopic (exact) mass is 222 g/mol. The van der Waals surface area contributed by atoms with Gasteiger partial charge in [0.1, 0.15) is 0 Å². The van der Waals surface area contributed by atoms with Gasteiger partial charge in [0.2, 0.25) is 5.28 Å². The van der Waals surface area contributed by atoms with Crippen molar-refractivity contribution >= 4 is 11.6 Å². The molecule has 4 nitrogen and oxygen atoms in total. The molecule has 0 aliphatic carbocycles. The Labute approximate surface area is 90.8 Å². The summed E-state index contributed by atoms with van der Waals surface area (Å²) in [4.78, 5) is 6.69. The predicted molar refractivity (Wildman–Crippen MR) is 54.0 cm³/mol. The molecule has 0 fully saturated rings. The normalized spacial score (nSPS) is 14.5. The molecule has 0 radical (unpaired) electrons. The third-order valence-corrected chi connectivity index (χ3v) is 2.30. The number of imidazole rings is 1. The molecule has 76 valence electrons. The lowest BCUT2D eigenvalue weighted by Gasteiger charge is -2.09. The number of nitrogens with one attached hydrogen (secondary N) is 1. The van der Waals surface area contributed by atoms with Gasteiger partial charge in [0, 0.05) is 5.56 Å². The summed E-state index contributed by atoms with van der Waals surface area (Å²) in [5, 5.41) is 0.270. The first-order chi connectivity index (χ1) is 7.33. The molecule has 15 heavy (non-hydrogen) atoms. The fraction of sp³-hybridized carbons (Fsp3) is 0.100. The van der Waals surface area contributed by atoms with Gasteiger partial charge in [-0.1, -0.05) is 30.3 Å². The van der Waals surface area contributed by atoms with E-state index in [9.17, 15) is 0 Å². The van der Waals surface area contributed by atoms with Gasteiger partial charge in [-0.15, -0.1) is 0 Å². The van der Waals surface area contributed by atoms with Crippen LogP contribution in [0.4, 0.5) is 0 Å². The third-order valence-electron chi connectivity index (χ3n) is 2.13. The van der Waals surface area contributed by atoms with Gasteiger partial charge >= 0.3 is 0 Å². The van der Waals surface area contributed by atoms with E-state index in [2.05, 4.69) is 9.97 Å². The van der Waals surface area contributed by atoms with E-state index in [1.165, 1.54) is 0 Å². The summed E-state index contributed by atoms with van der Waals surface area (Å²) in [6, 6.07) is 9.65. The van der Waals surface area contributed by atoms with E-state index in [-0.39, 0.29) is 5.28 Å². The van der Waals surface area contributed by atoms with Crippen molar-refractivity contribution in [3.05, 3.63) is 41.2 Å². The van der Waals surface area contributed by atoms with Gasteiger partial charge in [0.25, 0.3) is 18.1 Å². The van der Waals surface area contributed by atoms with E-state index in [4.69, 9.17) is 21.1 Å². The van der Waals surface area contributed by atoms with Gasteiger partial charge in [0.05, 0.1) is 0 Å². The minimum atomic E-state index is -0.433. The lowest BCUT2D eigenvalue weighted by atomic mass is 10.2. The van der Waals surface area contributed by atoms with Crippen LogP contribution in [0, 0.1) is 0 Å². The fourth-order valence-corrected chi connectivity index (χ4v) is 1.62. The SMILES string of the molecule is Clc1nc2c([nH]1)OC(c1ccccc1)O2. The lowest BCUT2D eigenvalue weighted by molar-refractivity contribution is 0.0429. The average molecular weight is 223 g/mol. The zero-order chi connectivity index (χ0) is 10.3. The standard InChI is InChI=1S/C10H7ClN2O2/c11-10-12-7-8(13-10)15-9(14-7)6-4-2-1-3-5-6/h1-5,9H,(H,12,13).